The van der Waals surface area contributed by atoms with Crippen molar-refractivity contribution in [2.75, 3.05) is 68.3 Å². The molecule has 0 aromatic rings. The van der Waals surface area contributed by atoms with Crippen molar-refractivity contribution in [2.45, 2.75) is 390 Å². The summed E-state index contributed by atoms with van der Waals surface area (Å²) in [5, 5.41) is 76.8. The van der Waals surface area contributed by atoms with Crippen LogP contribution in [0.3, 0.4) is 0 Å². The van der Waals surface area contributed by atoms with Crippen molar-refractivity contribution in [3.63, 3.8) is 0 Å². The molecule has 0 unspecified atom stereocenters. The molecule has 36 nitrogen and oxygen atoms in total. The first-order valence-corrected chi connectivity index (χ1v) is 53.9. The summed E-state index contributed by atoms with van der Waals surface area (Å²) < 4.78 is 129. The van der Waals surface area contributed by atoms with Crippen molar-refractivity contribution >= 4 is 69.9 Å². The zero-order chi connectivity index (χ0) is 105. The zero-order valence-corrected chi connectivity index (χ0v) is 90.8. The molecule has 14 aliphatic rings. The molecule has 8 fully saturated rings. The van der Waals surface area contributed by atoms with Crippen molar-refractivity contribution in [3.05, 3.63) is 119 Å². The number of hydrogen-bond donors (Lipinski definition) is 6. The lowest BCUT2D eigenvalue weighted by Crippen LogP contribution is -2.58. The van der Waals surface area contributed by atoms with E-state index in [1.165, 1.54) is 37.6 Å². The lowest BCUT2D eigenvalue weighted by Gasteiger charge is -2.48. The number of carbonyl (C=O) groups is 4. The minimum Gasteiger partial charge on any atom is -0.462 e. The van der Waals surface area contributed by atoms with Gasteiger partial charge in [-0.1, -0.05) is 145 Å². The molecule has 0 saturated carbocycles. The monoisotopic (exact) mass is 2090 g/mol. The number of nitrogens with zero attached hydrogens (tertiary/aromatic N) is 4. The topological polar surface area (TPSA) is 424 Å². The Hall–Kier alpha value is -5.69. The molecule has 2 amide bonds. The molecule has 6 N–H and O–H groups in total. The van der Waals surface area contributed by atoms with Crippen LogP contribution in [0.1, 0.15) is 195 Å². The van der Waals surface area contributed by atoms with E-state index in [1.54, 1.807) is 94.3 Å². The maximum Gasteiger partial charge on any atom is 0.447 e. The lowest BCUT2D eigenvalue weighted by atomic mass is 9.71. The van der Waals surface area contributed by atoms with E-state index >= 15 is 0 Å². The quantitative estimate of drug-likeness (QED) is 0.0133. The van der Waals surface area contributed by atoms with Crippen molar-refractivity contribution in [3.8, 4) is 0 Å². The maximum atomic E-state index is 14.3. The second kappa shape index (κ2) is 51.6. The van der Waals surface area contributed by atoms with Crippen LogP contribution in [0.2, 0.25) is 0 Å². The molecular formula is C105H160N4O32S3. The van der Waals surface area contributed by atoms with Gasteiger partial charge in [0.2, 0.25) is 0 Å². The van der Waals surface area contributed by atoms with Crippen LogP contribution in [0.15, 0.2) is 129 Å². The SMILES string of the molecule is CC[C@H](C)[C@H]1O[C@]2(C=C[C@@H]1C)C[C@@H]1C[C@@H](C/C=C(\C)[C@@H](O[C@H]3C[C@H](OC)[C@@H](O[C@H]4C[C@H](OC)[C@@H](O)[C@H](C)O4)[C@H](C)O3)[C@@H](C)/C=C/C=C3\CO[C@@H]4[C@H](O)C(C)=C[C@@H](C(=O)O1)[C@]34O)O2.CO[C@H]1C[C@H](O[C@H]2[C@H](C)O[C@@H](O[C@@H]3/C(C)=C/C[C@@H]4C[C@@H](C[C@]5(C=C[C@H](C)[C@@H](C(C)C)O5)O4)OC(=O)[C@@H]4C=C(C)[C@@H](O)[C@H]5OC/C(=C\C=C\[C@@H]3C)[C@]54O)C[C@@H]2OC)O[C@@H](C)[C@@H]1O.CS/C(C)=N\OC(=O)N(C)SN(C)C(=O)O/N=C(/C)SC. The molecule has 144 heavy (non-hydrogen) atoms. The summed E-state index contributed by atoms with van der Waals surface area (Å²) in [6.45, 7) is 35.5. The molecular weight excluding hydrogens is 1930 g/mol. The van der Waals surface area contributed by atoms with Gasteiger partial charge in [0.1, 0.15) is 94.2 Å². The highest BCUT2D eigenvalue weighted by Gasteiger charge is 2.63. The standard InChI is InChI=1S/C48H72O14.C47H70O14.C10H18N4O4S3/c1-11-25(2)43-28(5)17-18-47(62-43)23-34-20-33(61-47)16-15-27(4)42(26(3)13-12-14-32-24-55-45-40(49)29(6)19-35(46(51)58-34)48(32,45)52)59-39-22-37(54-10)44(31(8)57-39)60-38-21-36(53-9)41(50)30(7)56-38;1-24(2)41-27(5)16-17-46(61-41)22-33-19-32(60-46)15-14-26(4)42(25(3)12-11-13-31-23-54-44-39(48)28(6)18-34(45(50)57-33)47(31,44)51)58-38-21-36(53-10)43(30(8)56-38)59-37-20-35(52-9)40(49)29(7)55-37;1-7(19-5)11-17-9(15)13(3)21-14(4)10(16)18-12-8(2)20-6/h12-15,17-19,25-26,28,30-31,33-45,49-50,52H,11,16,20-24H2,1-10H3;11-14,16-18,24-25,27,29-30,32-44,48-49,51H,15,19-23H2,1-10H3;1-6H3/b13-12+,27-15+,32-14+;12-11+,26-14+,31-13+;11-7-,12-8-/t25-,26-,28-,30-,31-,33+,34-,35-,36-,37-,38-,39-,40+,41-,42-,43+,44-,45+,47+,48+;25-,27-,29-,30-,32+,33-,34-,35-,36-,37-,38-,39+,40-,41+,42-,43-,44+,46+,47+;/m00./s1. The van der Waals surface area contributed by atoms with Gasteiger partial charge in [-0.3, -0.25) is 19.3 Å². The van der Waals surface area contributed by atoms with Crippen LogP contribution < -0.4 is 0 Å². The summed E-state index contributed by atoms with van der Waals surface area (Å²) in [6, 6.07) is 0. The fourth-order valence-electron chi connectivity index (χ4n) is 21.6. The van der Waals surface area contributed by atoms with Gasteiger partial charge in [-0.2, -0.15) is 0 Å². The molecule has 12 heterocycles. The van der Waals surface area contributed by atoms with E-state index in [1.807, 2.05) is 76.7 Å². The van der Waals surface area contributed by atoms with Crippen LogP contribution >= 0.6 is 35.7 Å². The second-order valence-corrected chi connectivity index (χ2v) is 44.4. The number of hydrogen-bond acceptors (Lipinski definition) is 37. The number of aliphatic hydroxyl groups is 6. The Kier molecular flexibility index (Phi) is 41.9. The third kappa shape index (κ3) is 27.7. The van der Waals surface area contributed by atoms with Crippen molar-refractivity contribution in [1.82, 2.24) is 8.61 Å². The Morgan fingerprint density at radius 1 is 0.493 bits per heavy atom. The van der Waals surface area contributed by atoms with Crippen LogP contribution in [0.4, 0.5) is 9.59 Å². The Morgan fingerprint density at radius 2 is 0.861 bits per heavy atom. The average molecular weight is 2090 g/mol. The van der Waals surface area contributed by atoms with Crippen molar-refractivity contribution in [1.29, 1.82) is 0 Å². The predicted molar refractivity (Wildman–Crippen MR) is 539 cm³/mol. The van der Waals surface area contributed by atoms with Crippen LogP contribution in [-0.2, 0) is 114 Å². The van der Waals surface area contributed by atoms with E-state index in [9.17, 15) is 49.8 Å². The number of oxime groups is 2. The summed E-state index contributed by atoms with van der Waals surface area (Å²) >= 11 is 3.51. The van der Waals surface area contributed by atoms with Crippen LogP contribution in [0.5, 0.6) is 0 Å². The average Bonchev–Trinajstić information content (AvgIpc) is 1.58. The summed E-state index contributed by atoms with van der Waals surface area (Å²) in [7, 11) is 9.32. The normalized spacial score (nSPS) is 43.8. The third-order valence-electron chi connectivity index (χ3n) is 30.3. The van der Waals surface area contributed by atoms with E-state index < -0.39 is 194 Å². The van der Waals surface area contributed by atoms with Gasteiger partial charge >= 0.3 is 24.1 Å². The van der Waals surface area contributed by atoms with Gasteiger partial charge in [0, 0.05) is 118 Å². The summed E-state index contributed by atoms with van der Waals surface area (Å²) in [5.74, 6) is -5.18. The zero-order valence-electron chi connectivity index (χ0n) is 88.4. The number of rotatable bonds is 19. The van der Waals surface area contributed by atoms with E-state index in [4.69, 9.17) is 94.7 Å². The van der Waals surface area contributed by atoms with E-state index in [-0.39, 0.29) is 85.3 Å². The predicted octanol–water partition coefficient (Wildman–Crippen LogP) is 13.4. The van der Waals surface area contributed by atoms with E-state index in [0.29, 0.717) is 96.6 Å². The Morgan fingerprint density at radius 3 is 1.24 bits per heavy atom. The van der Waals surface area contributed by atoms with Gasteiger partial charge in [0.05, 0.1) is 111 Å². The number of aliphatic hydroxyl groups excluding tert-OH is 4. The Balaban J connectivity index is 0.000000215. The molecule has 2 aliphatic carbocycles. The first-order valence-electron chi connectivity index (χ1n) is 50.7. The van der Waals surface area contributed by atoms with Gasteiger partial charge in [0.25, 0.3) is 0 Å². The summed E-state index contributed by atoms with van der Waals surface area (Å²) in [6.07, 6.45) is 18.3. The number of methoxy groups -OCH3 is 4. The molecule has 0 aromatic heterocycles. The molecule has 810 valence electrons. The number of ether oxygens (including phenoxy) is 20. The molecule has 39 heteroatoms. The number of allylic oxidation sites excluding steroid dienone is 4. The van der Waals surface area contributed by atoms with Crippen LogP contribution in [0.25, 0.3) is 0 Å². The van der Waals surface area contributed by atoms with Crippen molar-refractivity contribution < 1.29 is 154 Å². The first kappa shape index (κ1) is 117. The summed E-state index contributed by atoms with van der Waals surface area (Å²) in [5.41, 5.74) is 0.263. The number of thioether (sulfide) groups is 2. The molecule has 4 bridgehead atoms. The molecule has 0 aromatic carbocycles. The minimum atomic E-state index is -1.84. The number of fused-ring (bicyclic) bond motifs is 4. The van der Waals surface area contributed by atoms with E-state index in [0.717, 1.165) is 38.3 Å². The van der Waals surface area contributed by atoms with Gasteiger partial charge in [0.15, 0.2) is 36.7 Å². The summed E-state index contributed by atoms with van der Waals surface area (Å²) in [4.78, 5) is 61.2. The highest BCUT2D eigenvalue weighted by atomic mass is 32.2. The van der Waals surface area contributed by atoms with Gasteiger partial charge in [-0.05, 0) is 152 Å². The van der Waals surface area contributed by atoms with Crippen LogP contribution in [0, 0.1) is 47.3 Å². The fourth-order valence-corrected chi connectivity index (χ4v) is 22.4. The fraction of sp³-hybridized carbons (Fsp3) is 0.752. The lowest BCUT2D eigenvalue weighted by molar-refractivity contribution is -0.318. The molecule has 2 spiro atoms. The molecule has 0 radical (unpaired) electrons. The van der Waals surface area contributed by atoms with Gasteiger partial charge in [-0.25, -0.2) is 18.2 Å². The molecule has 39 atom stereocenters. The highest BCUT2D eigenvalue weighted by Crippen LogP contribution is 2.51. The first-order chi connectivity index (χ1) is 68.3. The highest BCUT2D eigenvalue weighted by molar-refractivity contribution is 8.13. The maximum absolute atomic E-state index is 14.3. The Bertz CT molecular complexity index is 4660. The molecule has 12 aliphatic heterocycles. The molecule has 14 rings (SSSR count). The smallest absolute Gasteiger partial charge is 0.447 e. The van der Waals surface area contributed by atoms with Gasteiger partial charge < -0.3 is 125 Å². The largest absolute Gasteiger partial charge is 0.462 e. The molecule has 8 saturated heterocycles. The third-order valence-corrected chi connectivity index (χ3v) is 32.4. The van der Waals surface area contributed by atoms with E-state index in [2.05, 4.69) is 99.7 Å². The van der Waals surface area contributed by atoms with Crippen LogP contribution in [-0.4, -0.2) is 336 Å². The van der Waals surface area contributed by atoms with Crippen molar-refractivity contribution in [2.24, 2.45) is 57.7 Å². The number of carbonyl (C=O) groups excluding carboxylic acids is 4. The Labute approximate surface area is 861 Å². The number of amides is 2. The minimum absolute atomic E-state index is 0.0313. The number of esters is 2. The van der Waals surface area contributed by atoms with Gasteiger partial charge in [-0.15, -0.1) is 23.5 Å². The second-order valence-electron chi connectivity index (χ2n) is 41.2.